The lowest BCUT2D eigenvalue weighted by Gasteiger charge is -2.10. The second-order valence-electron chi connectivity index (χ2n) is 4.81. The van der Waals surface area contributed by atoms with Gasteiger partial charge in [-0.1, -0.05) is 34.1 Å². The fourth-order valence-corrected chi connectivity index (χ4v) is 2.68. The molecule has 1 N–H and O–H groups in total. The average molecular weight is 376 g/mol. The molecule has 0 bridgehead atoms. The summed E-state index contributed by atoms with van der Waals surface area (Å²) < 4.78 is 9.27. The summed E-state index contributed by atoms with van der Waals surface area (Å²) in [6.07, 6.45) is 0. The molecule has 0 aliphatic carbocycles. The molecule has 0 aliphatic rings. The number of halogens is 1. The molecule has 0 saturated heterocycles. The van der Waals surface area contributed by atoms with E-state index in [0.717, 1.165) is 27.3 Å². The molecule has 1 heterocycles. The Morgan fingerprint density at radius 1 is 1.18 bits per heavy atom. The molecular weight excluding hydrogens is 362 g/mol. The van der Waals surface area contributed by atoms with Gasteiger partial charge in [0.25, 0.3) is 0 Å². The largest absolute Gasteiger partial charge is 0.486 e. The first-order valence-electron chi connectivity index (χ1n) is 6.76. The van der Waals surface area contributed by atoms with Crippen molar-refractivity contribution in [2.75, 3.05) is 0 Å². The van der Waals surface area contributed by atoms with E-state index in [1.165, 1.54) is 0 Å². The average Bonchev–Trinajstić information content (AvgIpc) is 2.88. The van der Waals surface area contributed by atoms with Crippen LogP contribution in [0.1, 0.15) is 11.4 Å². The van der Waals surface area contributed by atoms with Gasteiger partial charge in [0.15, 0.2) is 10.6 Å². The lowest BCUT2D eigenvalue weighted by atomic mass is 10.2. The topological polar surface area (TPSA) is 42.8 Å². The van der Waals surface area contributed by atoms with Crippen molar-refractivity contribution in [3.63, 3.8) is 0 Å². The SMILES string of the molecule is Cc1ccccc1-n1c(COc2ccc(Br)cc2)n[nH]c1=S. The van der Waals surface area contributed by atoms with Crippen molar-refractivity contribution in [1.82, 2.24) is 14.8 Å². The number of hydrogen-bond donors (Lipinski definition) is 1. The highest BCUT2D eigenvalue weighted by atomic mass is 79.9. The van der Waals surface area contributed by atoms with Crippen LogP contribution in [0.2, 0.25) is 0 Å². The number of rotatable bonds is 4. The van der Waals surface area contributed by atoms with Crippen molar-refractivity contribution in [1.29, 1.82) is 0 Å². The zero-order valence-corrected chi connectivity index (χ0v) is 14.3. The van der Waals surface area contributed by atoms with Crippen molar-refractivity contribution in [3.05, 3.63) is 69.2 Å². The monoisotopic (exact) mass is 375 g/mol. The molecule has 6 heteroatoms. The maximum atomic E-state index is 5.79. The van der Waals surface area contributed by atoms with Crippen LogP contribution in [0.4, 0.5) is 0 Å². The molecular formula is C16H14BrN3OS. The molecule has 1 aromatic heterocycles. The molecule has 0 radical (unpaired) electrons. The zero-order valence-electron chi connectivity index (χ0n) is 11.9. The van der Waals surface area contributed by atoms with Gasteiger partial charge in [-0.2, -0.15) is 5.10 Å². The highest BCUT2D eigenvalue weighted by Gasteiger charge is 2.10. The molecule has 0 saturated carbocycles. The van der Waals surface area contributed by atoms with Gasteiger partial charge >= 0.3 is 0 Å². The van der Waals surface area contributed by atoms with E-state index in [1.807, 2.05) is 60.0 Å². The van der Waals surface area contributed by atoms with Gasteiger partial charge in [0.1, 0.15) is 12.4 Å². The Balaban J connectivity index is 1.88. The van der Waals surface area contributed by atoms with Gasteiger partial charge in [-0.15, -0.1) is 0 Å². The summed E-state index contributed by atoms with van der Waals surface area (Å²) in [5.74, 6) is 1.52. The minimum atomic E-state index is 0.336. The summed E-state index contributed by atoms with van der Waals surface area (Å²) in [7, 11) is 0. The van der Waals surface area contributed by atoms with E-state index < -0.39 is 0 Å². The number of aromatic nitrogens is 3. The molecule has 2 aromatic carbocycles. The molecule has 0 amide bonds. The molecule has 0 fully saturated rings. The summed E-state index contributed by atoms with van der Waals surface area (Å²) in [6, 6.07) is 15.7. The Hall–Kier alpha value is -1.92. The zero-order chi connectivity index (χ0) is 15.5. The van der Waals surface area contributed by atoms with Crippen molar-refractivity contribution >= 4 is 28.1 Å². The van der Waals surface area contributed by atoms with Gasteiger partial charge in [-0.05, 0) is 55.0 Å². The van der Waals surface area contributed by atoms with Crippen LogP contribution in [0.3, 0.4) is 0 Å². The third-order valence-corrected chi connectivity index (χ3v) is 4.08. The molecule has 0 unspecified atom stereocenters. The Bertz CT molecular complexity index is 839. The fourth-order valence-electron chi connectivity index (χ4n) is 2.17. The third-order valence-electron chi connectivity index (χ3n) is 3.28. The number of nitrogens with zero attached hydrogens (tertiary/aromatic N) is 2. The van der Waals surface area contributed by atoms with Crippen molar-refractivity contribution in [2.45, 2.75) is 13.5 Å². The number of benzene rings is 2. The first kappa shape index (κ1) is 15.0. The van der Waals surface area contributed by atoms with Crippen LogP contribution in [0.15, 0.2) is 53.0 Å². The van der Waals surface area contributed by atoms with E-state index in [9.17, 15) is 0 Å². The molecule has 0 aliphatic heterocycles. The summed E-state index contributed by atoms with van der Waals surface area (Å²) >= 11 is 8.75. The molecule has 0 spiro atoms. The van der Waals surface area contributed by atoms with E-state index >= 15 is 0 Å². The van der Waals surface area contributed by atoms with E-state index in [0.29, 0.717) is 11.4 Å². The van der Waals surface area contributed by atoms with Gasteiger partial charge < -0.3 is 4.74 Å². The molecule has 0 atom stereocenters. The van der Waals surface area contributed by atoms with Crippen molar-refractivity contribution in [2.24, 2.45) is 0 Å². The number of nitrogens with one attached hydrogen (secondary N) is 1. The van der Waals surface area contributed by atoms with Crippen LogP contribution in [0, 0.1) is 11.7 Å². The van der Waals surface area contributed by atoms with Crippen molar-refractivity contribution in [3.8, 4) is 11.4 Å². The maximum Gasteiger partial charge on any atom is 0.199 e. The van der Waals surface area contributed by atoms with Gasteiger partial charge in [-0.3, -0.25) is 9.67 Å². The molecule has 3 aromatic rings. The summed E-state index contributed by atoms with van der Waals surface area (Å²) in [5, 5.41) is 7.11. The Labute approximate surface area is 141 Å². The van der Waals surface area contributed by atoms with Crippen LogP contribution >= 0.6 is 28.1 Å². The van der Waals surface area contributed by atoms with Crippen LogP contribution < -0.4 is 4.74 Å². The number of hydrogen-bond acceptors (Lipinski definition) is 3. The second-order valence-corrected chi connectivity index (χ2v) is 6.11. The fraction of sp³-hybridized carbons (Fsp3) is 0.125. The maximum absolute atomic E-state index is 5.79. The predicted molar refractivity (Wildman–Crippen MR) is 92.0 cm³/mol. The number of ether oxygens (including phenoxy) is 1. The van der Waals surface area contributed by atoms with Crippen LogP contribution in [-0.2, 0) is 6.61 Å². The summed E-state index contributed by atoms with van der Waals surface area (Å²) in [4.78, 5) is 0. The number of H-pyrrole nitrogens is 1. The van der Waals surface area contributed by atoms with Crippen LogP contribution in [0.5, 0.6) is 5.75 Å². The molecule has 4 nitrogen and oxygen atoms in total. The highest BCUT2D eigenvalue weighted by Crippen LogP contribution is 2.19. The number of aryl methyl sites for hydroxylation is 1. The van der Waals surface area contributed by atoms with Gasteiger partial charge in [0, 0.05) is 4.47 Å². The Morgan fingerprint density at radius 3 is 2.64 bits per heavy atom. The summed E-state index contributed by atoms with van der Waals surface area (Å²) in [5.41, 5.74) is 2.14. The van der Waals surface area contributed by atoms with Crippen LogP contribution in [0.25, 0.3) is 5.69 Å². The molecule has 3 rings (SSSR count). The second kappa shape index (κ2) is 6.46. The molecule has 22 heavy (non-hydrogen) atoms. The van der Waals surface area contributed by atoms with Crippen LogP contribution in [-0.4, -0.2) is 14.8 Å². The highest BCUT2D eigenvalue weighted by molar-refractivity contribution is 9.10. The Morgan fingerprint density at radius 2 is 1.91 bits per heavy atom. The normalized spacial score (nSPS) is 10.6. The lowest BCUT2D eigenvalue weighted by molar-refractivity contribution is 0.293. The third kappa shape index (κ3) is 3.13. The van der Waals surface area contributed by atoms with Crippen molar-refractivity contribution < 1.29 is 4.74 Å². The van der Waals surface area contributed by atoms with Gasteiger partial charge in [0.05, 0.1) is 5.69 Å². The molecule has 112 valence electrons. The minimum Gasteiger partial charge on any atom is -0.486 e. The minimum absolute atomic E-state index is 0.336. The smallest absolute Gasteiger partial charge is 0.199 e. The van der Waals surface area contributed by atoms with E-state index in [2.05, 4.69) is 26.1 Å². The predicted octanol–water partition coefficient (Wildman–Crippen LogP) is 4.58. The Kier molecular flexibility index (Phi) is 4.40. The number of aromatic amines is 1. The number of para-hydroxylation sites is 1. The van der Waals surface area contributed by atoms with E-state index in [-0.39, 0.29) is 0 Å². The van der Waals surface area contributed by atoms with E-state index in [4.69, 9.17) is 17.0 Å². The first-order chi connectivity index (χ1) is 10.6. The standard InChI is InChI=1S/C16H14BrN3OS/c1-11-4-2-3-5-14(11)20-15(18-19-16(20)22)10-21-13-8-6-12(17)7-9-13/h2-9H,10H2,1H3,(H,19,22). The van der Waals surface area contributed by atoms with Gasteiger partial charge in [0.2, 0.25) is 0 Å². The van der Waals surface area contributed by atoms with Gasteiger partial charge in [-0.25, -0.2) is 0 Å². The van der Waals surface area contributed by atoms with E-state index in [1.54, 1.807) is 0 Å². The summed E-state index contributed by atoms with van der Waals surface area (Å²) in [6.45, 7) is 2.38. The first-order valence-corrected chi connectivity index (χ1v) is 7.96. The quantitative estimate of drug-likeness (QED) is 0.678. The lowest BCUT2D eigenvalue weighted by Crippen LogP contribution is -2.07.